The van der Waals surface area contributed by atoms with E-state index in [1.54, 1.807) is 0 Å². The van der Waals surface area contributed by atoms with Crippen LogP contribution in [0.5, 0.6) is 0 Å². The molecule has 4 heteroatoms. The molecule has 1 aliphatic rings. The summed E-state index contributed by atoms with van der Waals surface area (Å²) in [5.74, 6) is 0.643. The fourth-order valence-corrected chi connectivity index (χ4v) is 2.94. The van der Waals surface area contributed by atoms with Crippen LogP contribution in [-0.2, 0) is 4.74 Å². The Balaban J connectivity index is 1.97. The van der Waals surface area contributed by atoms with E-state index in [0.29, 0.717) is 5.92 Å². The third-order valence-electron chi connectivity index (χ3n) is 2.55. The van der Waals surface area contributed by atoms with E-state index in [2.05, 4.69) is 37.2 Å². The van der Waals surface area contributed by atoms with Gasteiger partial charge in [-0.05, 0) is 50.4 Å². The van der Waals surface area contributed by atoms with E-state index in [4.69, 9.17) is 4.74 Å². The molecule has 1 saturated heterocycles. The standard InChI is InChI=1S/C11H13Br2NO/c12-9-2-1-3-10(13)11(9)14-6-8-4-5-15-7-8/h1-3,8,14H,4-7H2. The molecule has 0 saturated carbocycles. The van der Waals surface area contributed by atoms with Gasteiger partial charge >= 0.3 is 0 Å². The molecular formula is C11H13Br2NO. The molecular weight excluding hydrogens is 322 g/mol. The summed E-state index contributed by atoms with van der Waals surface area (Å²) in [5.41, 5.74) is 1.13. The second kappa shape index (κ2) is 5.32. The third-order valence-corrected chi connectivity index (χ3v) is 3.88. The van der Waals surface area contributed by atoms with Crippen molar-refractivity contribution in [3.05, 3.63) is 27.1 Å². The molecule has 1 atom stereocenters. The third kappa shape index (κ3) is 2.95. The van der Waals surface area contributed by atoms with Crippen molar-refractivity contribution in [2.75, 3.05) is 25.1 Å². The SMILES string of the molecule is Brc1cccc(Br)c1NCC1CCOC1. The van der Waals surface area contributed by atoms with Gasteiger partial charge in [-0.1, -0.05) is 6.07 Å². The van der Waals surface area contributed by atoms with E-state index >= 15 is 0 Å². The first-order valence-corrected chi connectivity index (χ1v) is 6.61. The van der Waals surface area contributed by atoms with Crippen LogP contribution in [-0.4, -0.2) is 19.8 Å². The van der Waals surface area contributed by atoms with E-state index in [-0.39, 0.29) is 0 Å². The minimum atomic E-state index is 0.643. The number of ether oxygens (including phenoxy) is 1. The molecule has 0 aliphatic carbocycles. The minimum absolute atomic E-state index is 0.643. The number of hydrogen-bond acceptors (Lipinski definition) is 2. The maximum absolute atomic E-state index is 5.34. The normalized spacial score (nSPS) is 20.5. The average molecular weight is 335 g/mol. The fourth-order valence-electron chi connectivity index (χ4n) is 1.66. The molecule has 1 heterocycles. The molecule has 1 aliphatic heterocycles. The van der Waals surface area contributed by atoms with Gasteiger partial charge in [0.1, 0.15) is 0 Å². The zero-order valence-corrected chi connectivity index (χ0v) is 11.5. The maximum Gasteiger partial charge on any atom is 0.0629 e. The summed E-state index contributed by atoms with van der Waals surface area (Å²) in [5, 5.41) is 3.45. The smallest absolute Gasteiger partial charge is 0.0629 e. The van der Waals surface area contributed by atoms with Crippen molar-refractivity contribution >= 4 is 37.5 Å². The van der Waals surface area contributed by atoms with Crippen molar-refractivity contribution in [1.29, 1.82) is 0 Å². The van der Waals surface area contributed by atoms with Crippen LogP contribution >= 0.6 is 31.9 Å². The molecule has 1 unspecified atom stereocenters. The summed E-state index contributed by atoms with van der Waals surface area (Å²) >= 11 is 7.07. The molecule has 1 aromatic rings. The van der Waals surface area contributed by atoms with Crippen LogP contribution in [0.2, 0.25) is 0 Å². The molecule has 15 heavy (non-hydrogen) atoms. The molecule has 0 amide bonds. The van der Waals surface area contributed by atoms with Gasteiger partial charge in [0, 0.05) is 28.0 Å². The van der Waals surface area contributed by atoms with Gasteiger partial charge in [-0.15, -0.1) is 0 Å². The van der Waals surface area contributed by atoms with Gasteiger partial charge in [-0.3, -0.25) is 0 Å². The minimum Gasteiger partial charge on any atom is -0.383 e. The lowest BCUT2D eigenvalue weighted by molar-refractivity contribution is 0.187. The Morgan fingerprint density at radius 1 is 1.33 bits per heavy atom. The molecule has 1 N–H and O–H groups in total. The number of para-hydroxylation sites is 1. The second-order valence-electron chi connectivity index (χ2n) is 3.71. The molecule has 0 aromatic heterocycles. The lowest BCUT2D eigenvalue weighted by Crippen LogP contribution is -2.14. The van der Waals surface area contributed by atoms with Crippen LogP contribution in [0.15, 0.2) is 27.1 Å². The first kappa shape index (κ1) is 11.4. The van der Waals surface area contributed by atoms with Crippen molar-refractivity contribution in [1.82, 2.24) is 0 Å². The first-order chi connectivity index (χ1) is 7.27. The molecule has 1 fully saturated rings. The molecule has 2 nitrogen and oxygen atoms in total. The highest BCUT2D eigenvalue weighted by atomic mass is 79.9. The number of halogens is 2. The van der Waals surface area contributed by atoms with Crippen molar-refractivity contribution in [3.63, 3.8) is 0 Å². The zero-order valence-electron chi connectivity index (χ0n) is 8.30. The van der Waals surface area contributed by atoms with Crippen molar-refractivity contribution in [2.45, 2.75) is 6.42 Å². The molecule has 1 aromatic carbocycles. The quantitative estimate of drug-likeness (QED) is 0.910. The molecule has 82 valence electrons. The van der Waals surface area contributed by atoms with Crippen molar-refractivity contribution in [3.8, 4) is 0 Å². The molecule has 0 bridgehead atoms. The van der Waals surface area contributed by atoms with Gasteiger partial charge in [0.05, 0.1) is 12.3 Å². The number of nitrogens with one attached hydrogen (secondary N) is 1. The van der Waals surface area contributed by atoms with Gasteiger partial charge in [0.25, 0.3) is 0 Å². The van der Waals surface area contributed by atoms with Gasteiger partial charge in [-0.2, -0.15) is 0 Å². The summed E-state index contributed by atoms with van der Waals surface area (Å²) in [4.78, 5) is 0. The predicted octanol–water partition coefficient (Wildman–Crippen LogP) is 3.66. The Kier molecular flexibility index (Phi) is 4.05. The van der Waals surface area contributed by atoms with Crippen LogP contribution in [0.25, 0.3) is 0 Å². The van der Waals surface area contributed by atoms with E-state index in [1.165, 1.54) is 0 Å². The second-order valence-corrected chi connectivity index (χ2v) is 5.42. The Hall–Kier alpha value is -0.0600. The Bertz CT molecular complexity index is 317. The zero-order chi connectivity index (χ0) is 10.7. The van der Waals surface area contributed by atoms with Crippen LogP contribution in [0, 0.1) is 5.92 Å². The lowest BCUT2D eigenvalue weighted by Gasteiger charge is -2.13. The summed E-state index contributed by atoms with van der Waals surface area (Å²) in [6.07, 6.45) is 1.16. The van der Waals surface area contributed by atoms with E-state index in [9.17, 15) is 0 Å². The van der Waals surface area contributed by atoms with Gasteiger partial charge in [0.15, 0.2) is 0 Å². The van der Waals surface area contributed by atoms with Crippen LogP contribution in [0.1, 0.15) is 6.42 Å². The van der Waals surface area contributed by atoms with E-state index in [1.807, 2.05) is 18.2 Å². The average Bonchev–Trinajstić information content (AvgIpc) is 2.70. The van der Waals surface area contributed by atoms with E-state index < -0.39 is 0 Å². The van der Waals surface area contributed by atoms with Gasteiger partial charge < -0.3 is 10.1 Å². The van der Waals surface area contributed by atoms with Gasteiger partial charge in [0.2, 0.25) is 0 Å². The van der Waals surface area contributed by atoms with Crippen LogP contribution in [0.3, 0.4) is 0 Å². The highest BCUT2D eigenvalue weighted by molar-refractivity contribution is 9.11. The number of anilines is 1. The summed E-state index contributed by atoms with van der Waals surface area (Å²) in [7, 11) is 0. The van der Waals surface area contributed by atoms with Gasteiger partial charge in [-0.25, -0.2) is 0 Å². The maximum atomic E-state index is 5.34. The largest absolute Gasteiger partial charge is 0.383 e. The summed E-state index contributed by atoms with van der Waals surface area (Å²) in [6.45, 7) is 2.76. The molecule has 0 radical (unpaired) electrons. The highest BCUT2D eigenvalue weighted by Crippen LogP contribution is 2.30. The fraction of sp³-hybridized carbons (Fsp3) is 0.455. The van der Waals surface area contributed by atoms with Crippen LogP contribution in [0.4, 0.5) is 5.69 Å². The molecule has 0 spiro atoms. The van der Waals surface area contributed by atoms with Crippen molar-refractivity contribution in [2.24, 2.45) is 5.92 Å². The first-order valence-electron chi connectivity index (χ1n) is 5.03. The summed E-state index contributed by atoms with van der Waals surface area (Å²) < 4.78 is 7.53. The number of hydrogen-bond donors (Lipinski definition) is 1. The molecule has 2 rings (SSSR count). The Morgan fingerprint density at radius 2 is 2.07 bits per heavy atom. The monoisotopic (exact) mass is 333 g/mol. The number of benzene rings is 1. The highest BCUT2D eigenvalue weighted by Gasteiger charge is 2.15. The Morgan fingerprint density at radius 3 is 2.67 bits per heavy atom. The predicted molar refractivity (Wildman–Crippen MR) is 69.3 cm³/mol. The summed E-state index contributed by atoms with van der Waals surface area (Å²) in [6, 6.07) is 6.09. The van der Waals surface area contributed by atoms with E-state index in [0.717, 1.165) is 40.8 Å². The topological polar surface area (TPSA) is 21.3 Å². The lowest BCUT2D eigenvalue weighted by atomic mass is 10.1. The van der Waals surface area contributed by atoms with Crippen LogP contribution < -0.4 is 5.32 Å². The Labute approximate surface area is 107 Å². The van der Waals surface area contributed by atoms with Crippen molar-refractivity contribution < 1.29 is 4.74 Å². The number of rotatable bonds is 3.